The number of aryl methyl sites for hydroxylation is 1. The number of aromatic nitrogens is 4. The lowest BCUT2D eigenvalue weighted by Gasteiger charge is -2.05. The van der Waals surface area contributed by atoms with Crippen molar-refractivity contribution in [3.05, 3.63) is 46.9 Å². The highest BCUT2D eigenvalue weighted by Crippen LogP contribution is 2.25. The van der Waals surface area contributed by atoms with Crippen LogP contribution in [0.25, 0.3) is 22.6 Å². The van der Waals surface area contributed by atoms with Gasteiger partial charge in [-0.15, -0.1) is 0 Å². The zero-order valence-electron chi connectivity index (χ0n) is 11.1. The lowest BCUT2D eigenvalue weighted by Crippen LogP contribution is -1.98. The second kappa shape index (κ2) is 5.25. The summed E-state index contributed by atoms with van der Waals surface area (Å²) in [6, 6.07) is 6.14. The van der Waals surface area contributed by atoms with Gasteiger partial charge in [0.25, 0.3) is 0 Å². The van der Waals surface area contributed by atoms with Crippen LogP contribution in [0.1, 0.15) is 0 Å². The Labute approximate surface area is 128 Å². The number of hydrogen-bond donors (Lipinski definition) is 1. The van der Waals surface area contributed by atoms with Gasteiger partial charge in [0.05, 0.1) is 11.9 Å². The summed E-state index contributed by atoms with van der Waals surface area (Å²) >= 11 is 3.26. The second-order valence-corrected chi connectivity index (χ2v) is 5.48. The minimum Gasteiger partial charge on any atom is -0.384 e. The Morgan fingerprint density at radius 1 is 1.14 bits per heavy atom. The van der Waals surface area contributed by atoms with E-state index < -0.39 is 0 Å². The van der Waals surface area contributed by atoms with E-state index in [0.717, 1.165) is 5.56 Å². The van der Waals surface area contributed by atoms with Crippen LogP contribution in [0.2, 0.25) is 0 Å². The van der Waals surface area contributed by atoms with Gasteiger partial charge in [0.1, 0.15) is 11.6 Å². The summed E-state index contributed by atoms with van der Waals surface area (Å²) in [6.07, 6.45) is 3.51. The predicted molar refractivity (Wildman–Crippen MR) is 81.7 cm³/mol. The highest BCUT2D eigenvalue weighted by atomic mass is 79.9. The Bertz CT molecular complexity index is 795. The Morgan fingerprint density at radius 2 is 1.95 bits per heavy atom. The van der Waals surface area contributed by atoms with Gasteiger partial charge in [0, 0.05) is 34.9 Å². The van der Waals surface area contributed by atoms with Gasteiger partial charge in [-0.25, -0.2) is 14.4 Å². The number of rotatable bonds is 2. The van der Waals surface area contributed by atoms with E-state index in [1.54, 1.807) is 23.0 Å². The number of anilines is 1. The SMILES string of the molecule is Cn1cc(-c2cc(N)nc(-c3cc(F)cc(Br)c3)n2)cn1. The molecular formula is C14H11BrFN5. The number of benzene rings is 1. The molecule has 0 unspecified atom stereocenters. The van der Waals surface area contributed by atoms with Gasteiger partial charge in [0.15, 0.2) is 5.82 Å². The van der Waals surface area contributed by atoms with Crippen LogP contribution in [0.3, 0.4) is 0 Å². The van der Waals surface area contributed by atoms with E-state index in [2.05, 4.69) is 31.0 Å². The van der Waals surface area contributed by atoms with Crippen LogP contribution >= 0.6 is 15.9 Å². The fourth-order valence-corrected chi connectivity index (χ4v) is 2.44. The summed E-state index contributed by atoms with van der Waals surface area (Å²) in [5, 5.41) is 4.10. The zero-order valence-corrected chi connectivity index (χ0v) is 12.7. The Morgan fingerprint density at radius 3 is 2.62 bits per heavy atom. The maximum atomic E-state index is 13.5. The third-order valence-corrected chi connectivity index (χ3v) is 3.33. The van der Waals surface area contributed by atoms with Crippen molar-refractivity contribution in [2.75, 3.05) is 5.73 Å². The first kappa shape index (κ1) is 13.7. The number of nitrogen functional groups attached to an aromatic ring is 1. The first-order valence-corrected chi connectivity index (χ1v) is 6.90. The Kier molecular flexibility index (Phi) is 3.42. The van der Waals surface area contributed by atoms with Crippen LogP contribution in [-0.4, -0.2) is 19.7 Å². The average molecular weight is 348 g/mol. The molecular weight excluding hydrogens is 337 g/mol. The number of hydrogen-bond acceptors (Lipinski definition) is 4. The van der Waals surface area contributed by atoms with E-state index in [9.17, 15) is 4.39 Å². The first-order valence-electron chi connectivity index (χ1n) is 6.11. The molecule has 106 valence electrons. The minimum atomic E-state index is -0.367. The van der Waals surface area contributed by atoms with Gasteiger partial charge in [-0.05, 0) is 18.2 Å². The normalized spacial score (nSPS) is 10.8. The molecule has 0 aliphatic carbocycles. The van der Waals surface area contributed by atoms with Crippen molar-refractivity contribution in [1.29, 1.82) is 0 Å². The lowest BCUT2D eigenvalue weighted by molar-refractivity contribution is 0.627. The molecule has 0 fully saturated rings. The maximum absolute atomic E-state index is 13.5. The number of nitrogens with zero attached hydrogens (tertiary/aromatic N) is 4. The number of nitrogens with two attached hydrogens (primary N) is 1. The highest BCUT2D eigenvalue weighted by Gasteiger charge is 2.10. The molecule has 2 heterocycles. The molecule has 5 nitrogen and oxygen atoms in total. The monoisotopic (exact) mass is 347 g/mol. The van der Waals surface area contributed by atoms with E-state index in [0.29, 0.717) is 27.4 Å². The van der Waals surface area contributed by atoms with Gasteiger partial charge >= 0.3 is 0 Å². The summed E-state index contributed by atoms with van der Waals surface area (Å²) in [5.41, 5.74) is 7.86. The summed E-state index contributed by atoms with van der Waals surface area (Å²) in [5.74, 6) is 0.321. The van der Waals surface area contributed by atoms with Crippen molar-refractivity contribution in [3.8, 4) is 22.6 Å². The van der Waals surface area contributed by atoms with Gasteiger partial charge < -0.3 is 5.73 Å². The third-order valence-electron chi connectivity index (χ3n) is 2.87. The number of halogens is 2. The van der Waals surface area contributed by atoms with E-state index in [4.69, 9.17) is 5.73 Å². The molecule has 0 spiro atoms. The molecule has 0 saturated heterocycles. The molecule has 0 atom stereocenters. The summed E-state index contributed by atoms with van der Waals surface area (Å²) in [7, 11) is 1.82. The quantitative estimate of drug-likeness (QED) is 0.773. The fourth-order valence-electron chi connectivity index (χ4n) is 1.98. The third kappa shape index (κ3) is 2.92. The smallest absolute Gasteiger partial charge is 0.162 e. The van der Waals surface area contributed by atoms with Crippen molar-refractivity contribution in [1.82, 2.24) is 19.7 Å². The molecule has 0 saturated carbocycles. The molecule has 7 heteroatoms. The standard InChI is InChI=1S/C14H11BrFN5/c1-21-7-9(6-18-21)12-5-13(17)20-14(19-12)8-2-10(15)4-11(16)3-8/h2-7H,1H3,(H2,17,19,20). The van der Waals surface area contributed by atoms with Crippen molar-refractivity contribution in [2.24, 2.45) is 7.05 Å². The van der Waals surface area contributed by atoms with E-state index in [1.165, 1.54) is 12.1 Å². The summed E-state index contributed by atoms with van der Waals surface area (Å²) in [4.78, 5) is 8.61. The van der Waals surface area contributed by atoms with Crippen LogP contribution in [0.5, 0.6) is 0 Å². The fraction of sp³-hybridized carbons (Fsp3) is 0.0714. The molecule has 0 aliphatic heterocycles. The van der Waals surface area contributed by atoms with Gasteiger partial charge in [-0.2, -0.15) is 5.10 Å². The molecule has 0 bridgehead atoms. The average Bonchev–Trinajstić information content (AvgIpc) is 2.83. The van der Waals surface area contributed by atoms with E-state index in [-0.39, 0.29) is 5.82 Å². The molecule has 1 aromatic carbocycles. The molecule has 2 N–H and O–H groups in total. The van der Waals surface area contributed by atoms with Crippen molar-refractivity contribution in [2.45, 2.75) is 0 Å². The van der Waals surface area contributed by atoms with Crippen LogP contribution in [0, 0.1) is 5.82 Å². The van der Waals surface area contributed by atoms with Crippen LogP contribution in [0.4, 0.5) is 10.2 Å². The lowest BCUT2D eigenvalue weighted by atomic mass is 10.2. The molecule has 2 aromatic heterocycles. The molecule has 3 aromatic rings. The van der Waals surface area contributed by atoms with Gasteiger partial charge in [-0.1, -0.05) is 15.9 Å². The van der Waals surface area contributed by atoms with Crippen molar-refractivity contribution < 1.29 is 4.39 Å². The first-order chi connectivity index (χ1) is 10.0. The Balaban J connectivity index is 2.13. The highest BCUT2D eigenvalue weighted by molar-refractivity contribution is 9.10. The molecule has 21 heavy (non-hydrogen) atoms. The zero-order chi connectivity index (χ0) is 15.0. The van der Waals surface area contributed by atoms with Crippen LogP contribution in [-0.2, 0) is 7.05 Å². The summed E-state index contributed by atoms with van der Waals surface area (Å²) in [6.45, 7) is 0. The van der Waals surface area contributed by atoms with E-state index >= 15 is 0 Å². The minimum absolute atomic E-state index is 0.319. The molecule has 0 radical (unpaired) electrons. The van der Waals surface area contributed by atoms with Gasteiger partial charge in [0.2, 0.25) is 0 Å². The largest absolute Gasteiger partial charge is 0.384 e. The van der Waals surface area contributed by atoms with Crippen molar-refractivity contribution in [3.63, 3.8) is 0 Å². The van der Waals surface area contributed by atoms with Crippen LogP contribution < -0.4 is 5.73 Å². The molecule has 0 aliphatic rings. The topological polar surface area (TPSA) is 69.6 Å². The maximum Gasteiger partial charge on any atom is 0.162 e. The van der Waals surface area contributed by atoms with Crippen LogP contribution in [0.15, 0.2) is 41.1 Å². The van der Waals surface area contributed by atoms with Crippen molar-refractivity contribution >= 4 is 21.7 Å². The molecule has 0 amide bonds. The Hall–Kier alpha value is -2.28. The second-order valence-electron chi connectivity index (χ2n) is 4.56. The van der Waals surface area contributed by atoms with E-state index in [1.807, 2.05) is 13.2 Å². The molecule has 3 rings (SSSR count). The van der Waals surface area contributed by atoms with Gasteiger partial charge in [-0.3, -0.25) is 4.68 Å². The predicted octanol–water partition coefficient (Wildman–Crippen LogP) is 3.03. The summed E-state index contributed by atoms with van der Waals surface area (Å²) < 4.78 is 15.8.